The topological polar surface area (TPSA) is 105 Å². The first-order valence-electron chi connectivity index (χ1n) is 7.54. The molecule has 1 aliphatic carbocycles. The number of nitrogens with zero attached hydrogens (tertiary/aromatic N) is 7. The lowest BCUT2D eigenvalue weighted by atomic mass is 9.83. The fourth-order valence-electron chi connectivity index (χ4n) is 2.67. The quantitative estimate of drug-likeness (QED) is 0.914. The summed E-state index contributed by atoms with van der Waals surface area (Å²) in [6.45, 7) is 1.98. The van der Waals surface area contributed by atoms with Gasteiger partial charge in [0.2, 0.25) is 5.95 Å². The van der Waals surface area contributed by atoms with Crippen LogP contribution in [0.15, 0.2) is 12.7 Å². The van der Waals surface area contributed by atoms with Crippen LogP contribution in [0.3, 0.4) is 0 Å². The lowest BCUT2D eigenvalue weighted by Crippen LogP contribution is -2.39. The minimum absolute atomic E-state index is 0.413. The van der Waals surface area contributed by atoms with Crippen LogP contribution >= 0.6 is 0 Å². The van der Waals surface area contributed by atoms with E-state index in [0.717, 1.165) is 25.7 Å². The maximum absolute atomic E-state index is 9.57. The van der Waals surface area contributed by atoms with Gasteiger partial charge in [0, 0.05) is 6.42 Å². The Bertz CT molecular complexity index is 667. The maximum Gasteiger partial charge on any atom is 0.257 e. The van der Waals surface area contributed by atoms with Crippen LogP contribution in [-0.4, -0.2) is 35.3 Å². The largest absolute Gasteiger partial charge is 0.336 e. The number of nitriles is 1. The van der Waals surface area contributed by atoms with E-state index in [9.17, 15) is 5.26 Å². The first-order chi connectivity index (χ1) is 10.7. The molecule has 1 aliphatic rings. The van der Waals surface area contributed by atoms with Gasteiger partial charge in [0.05, 0.1) is 6.07 Å². The first kappa shape index (κ1) is 14.4. The molecule has 0 spiro atoms. The van der Waals surface area contributed by atoms with Gasteiger partial charge in [-0.1, -0.05) is 26.2 Å². The van der Waals surface area contributed by atoms with Crippen molar-refractivity contribution in [2.45, 2.75) is 51.0 Å². The number of nitrogens with one attached hydrogen (secondary N) is 1. The van der Waals surface area contributed by atoms with Crippen molar-refractivity contribution in [3.63, 3.8) is 0 Å². The van der Waals surface area contributed by atoms with Crippen molar-refractivity contribution in [3.8, 4) is 12.0 Å². The van der Waals surface area contributed by atoms with Crippen LogP contribution < -0.4 is 5.32 Å². The van der Waals surface area contributed by atoms with Crippen LogP contribution in [0.2, 0.25) is 0 Å². The van der Waals surface area contributed by atoms with E-state index in [-0.39, 0.29) is 0 Å². The van der Waals surface area contributed by atoms with E-state index < -0.39 is 5.54 Å². The molecule has 114 valence electrons. The smallest absolute Gasteiger partial charge is 0.257 e. The molecule has 0 aromatic carbocycles. The molecule has 8 nitrogen and oxygen atoms in total. The Morgan fingerprint density at radius 1 is 1.27 bits per heavy atom. The van der Waals surface area contributed by atoms with Gasteiger partial charge in [0.25, 0.3) is 5.95 Å². The van der Waals surface area contributed by atoms with Gasteiger partial charge in [0.1, 0.15) is 24.0 Å². The van der Waals surface area contributed by atoms with E-state index in [4.69, 9.17) is 0 Å². The normalized spacial score (nSPS) is 16.9. The van der Waals surface area contributed by atoms with Crippen molar-refractivity contribution in [1.82, 2.24) is 29.7 Å². The standard InChI is InChI=1S/C14H18N8/c1-2-11-18-12(20-13(19-11)22-10-16-9-17-22)21-14(8-15)6-4-3-5-7-14/h9-10H,2-7H2,1H3,(H,18,19,20,21). The van der Waals surface area contributed by atoms with Crippen molar-refractivity contribution in [1.29, 1.82) is 5.26 Å². The number of aromatic nitrogens is 6. The van der Waals surface area contributed by atoms with Gasteiger partial charge in [-0.3, -0.25) is 0 Å². The number of anilines is 1. The van der Waals surface area contributed by atoms with E-state index in [1.165, 1.54) is 17.4 Å². The summed E-state index contributed by atoms with van der Waals surface area (Å²) in [7, 11) is 0. The summed E-state index contributed by atoms with van der Waals surface area (Å²) in [4.78, 5) is 17.0. The zero-order valence-corrected chi connectivity index (χ0v) is 12.5. The average Bonchev–Trinajstić information content (AvgIpc) is 3.10. The molecule has 0 atom stereocenters. The molecule has 2 aromatic rings. The Morgan fingerprint density at radius 3 is 2.73 bits per heavy atom. The maximum atomic E-state index is 9.57. The summed E-state index contributed by atoms with van der Waals surface area (Å²) in [6.07, 6.45) is 8.54. The van der Waals surface area contributed by atoms with Gasteiger partial charge in [0.15, 0.2) is 0 Å². The molecule has 3 rings (SSSR count). The Hall–Kier alpha value is -2.56. The van der Waals surface area contributed by atoms with Crippen molar-refractivity contribution < 1.29 is 0 Å². The Balaban J connectivity index is 1.93. The van der Waals surface area contributed by atoms with Crippen molar-refractivity contribution >= 4 is 5.95 Å². The summed E-state index contributed by atoms with van der Waals surface area (Å²) in [5.41, 5.74) is -0.579. The fraction of sp³-hybridized carbons (Fsp3) is 0.571. The third kappa shape index (κ3) is 2.88. The van der Waals surface area contributed by atoms with E-state index in [0.29, 0.717) is 24.1 Å². The zero-order chi connectivity index (χ0) is 15.4. The summed E-state index contributed by atoms with van der Waals surface area (Å²) in [5, 5.41) is 16.9. The van der Waals surface area contributed by atoms with E-state index in [1.807, 2.05) is 6.92 Å². The van der Waals surface area contributed by atoms with Gasteiger partial charge >= 0.3 is 0 Å². The summed E-state index contributed by atoms with van der Waals surface area (Å²) < 4.78 is 1.49. The molecule has 1 N–H and O–H groups in total. The number of hydrogen-bond donors (Lipinski definition) is 1. The minimum atomic E-state index is -0.579. The predicted octanol–water partition coefficient (Wildman–Crippen LogP) is 1.65. The van der Waals surface area contributed by atoms with Crippen LogP contribution in [0.1, 0.15) is 44.9 Å². The van der Waals surface area contributed by atoms with E-state index >= 15 is 0 Å². The number of hydrogen-bond acceptors (Lipinski definition) is 7. The van der Waals surface area contributed by atoms with E-state index in [2.05, 4.69) is 36.4 Å². The minimum Gasteiger partial charge on any atom is -0.336 e. The SMILES string of the molecule is CCc1nc(NC2(C#N)CCCCC2)nc(-n2cncn2)n1. The molecule has 0 amide bonds. The first-order valence-corrected chi connectivity index (χ1v) is 7.54. The second kappa shape index (κ2) is 6.05. The predicted molar refractivity (Wildman–Crippen MR) is 79.2 cm³/mol. The molecule has 0 aliphatic heterocycles. The monoisotopic (exact) mass is 298 g/mol. The molecule has 0 radical (unpaired) electrons. The Labute approximate surface area is 128 Å². The highest BCUT2D eigenvalue weighted by Crippen LogP contribution is 2.30. The Kier molecular flexibility index (Phi) is 3.96. The molecule has 2 aromatic heterocycles. The van der Waals surface area contributed by atoms with Crippen LogP contribution in [0.25, 0.3) is 5.95 Å². The number of aryl methyl sites for hydroxylation is 1. The summed E-state index contributed by atoms with van der Waals surface area (Å²) in [6, 6.07) is 2.41. The molecule has 0 unspecified atom stereocenters. The molecule has 1 saturated carbocycles. The molecule has 0 bridgehead atoms. The van der Waals surface area contributed by atoms with Gasteiger partial charge in [-0.15, -0.1) is 0 Å². The molecular formula is C14H18N8. The highest BCUT2D eigenvalue weighted by Gasteiger charge is 2.33. The van der Waals surface area contributed by atoms with Crippen molar-refractivity contribution in [3.05, 3.63) is 18.5 Å². The second-order valence-electron chi connectivity index (χ2n) is 5.45. The lowest BCUT2D eigenvalue weighted by Gasteiger charge is -2.31. The molecule has 22 heavy (non-hydrogen) atoms. The van der Waals surface area contributed by atoms with Crippen LogP contribution in [0.5, 0.6) is 0 Å². The molecule has 1 fully saturated rings. The van der Waals surface area contributed by atoms with Gasteiger partial charge in [-0.2, -0.15) is 30.0 Å². The fourth-order valence-corrected chi connectivity index (χ4v) is 2.67. The van der Waals surface area contributed by atoms with Gasteiger partial charge in [-0.25, -0.2) is 4.98 Å². The summed E-state index contributed by atoms with van der Waals surface area (Å²) in [5.74, 6) is 1.50. The average molecular weight is 298 g/mol. The van der Waals surface area contributed by atoms with Gasteiger partial charge in [-0.05, 0) is 12.8 Å². The highest BCUT2D eigenvalue weighted by molar-refractivity contribution is 5.36. The van der Waals surface area contributed by atoms with E-state index in [1.54, 1.807) is 6.33 Å². The molecule has 2 heterocycles. The third-order valence-electron chi connectivity index (χ3n) is 3.88. The van der Waals surface area contributed by atoms with Crippen molar-refractivity contribution in [2.24, 2.45) is 0 Å². The van der Waals surface area contributed by atoms with Crippen molar-refractivity contribution in [2.75, 3.05) is 5.32 Å². The Morgan fingerprint density at radius 2 is 2.09 bits per heavy atom. The highest BCUT2D eigenvalue weighted by atomic mass is 15.4. The van der Waals surface area contributed by atoms with Crippen LogP contribution in [0, 0.1) is 11.3 Å². The molecule has 0 saturated heterocycles. The molecule has 8 heteroatoms. The molecular weight excluding hydrogens is 280 g/mol. The second-order valence-corrected chi connectivity index (χ2v) is 5.45. The number of rotatable bonds is 4. The van der Waals surface area contributed by atoms with Gasteiger partial charge < -0.3 is 5.32 Å². The summed E-state index contributed by atoms with van der Waals surface area (Å²) >= 11 is 0. The van der Waals surface area contributed by atoms with Crippen LogP contribution in [0.4, 0.5) is 5.95 Å². The zero-order valence-electron chi connectivity index (χ0n) is 12.5. The third-order valence-corrected chi connectivity index (χ3v) is 3.88. The van der Waals surface area contributed by atoms with Crippen LogP contribution in [-0.2, 0) is 6.42 Å². The lowest BCUT2D eigenvalue weighted by molar-refractivity contribution is 0.390.